The van der Waals surface area contributed by atoms with Crippen LogP contribution in [0.5, 0.6) is 5.75 Å². The third-order valence-corrected chi connectivity index (χ3v) is 5.49. The van der Waals surface area contributed by atoms with Crippen LogP contribution in [0.25, 0.3) is 0 Å². The van der Waals surface area contributed by atoms with Crippen molar-refractivity contribution in [2.75, 3.05) is 5.32 Å². The van der Waals surface area contributed by atoms with Gasteiger partial charge in [0.25, 0.3) is 0 Å². The van der Waals surface area contributed by atoms with Crippen LogP contribution in [0.4, 0.5) is 5.69 Å². The average molecular weight is 489 g/mol. The molecule has 0 radical (unpaired) electrons. The van der Waals surface area contributed by atoms with Crippen LogP contribution in [-0.4, -0.2) is 0 Å². The zero-order valence-corrected chi connectivity index (χ0v) is 18.9. The number of hydrogen-bond acceptors (Lipinski definition) is 2. The lowest BCUT2D eigenvalue weighted by molar-refractivity contribution is 0.301. The first kappa shape index (κ1) is 20.0. The molecule has 0 amide bonds. The quantitative estimate of drug-likeness (QED) is 0.392. The Morgan fingerprint density at radius 1 is 0.852 bits per heavy atom. The van der Waals surface area contributed by atoms with E-state index in [1.807, 2.05) is 6.07 Å². The van der Waals surface area contributed by atoms with Crippen molar-refractivity contribution in [1.29, 1.82) is 0 Å². The maximum Gasteiger partial charge on any atom is 0.139 e. The Morgan fingerprint density at radius 3 is 2.26 bits per heavy atom. The van der Waals surface area contributed by atoms with E-state index in [1.54, 1.807) is 0 Å². The van der Waals surface area contributed by atoms with Gasteiger partial charge in [0.2, 0.25) is 0 Å². The maximum atomic E-state index is 6.18. The number of benzene rings is 3. The minimum absolute atomic E-state index is 0.539. The van der Waals surface area contributed by atoms with E-state index >= 15 is 0 Å². The second-order valence-electron chi connectivity index (χ2n) is 6.82. The normalized spacial score (nSPS) is 10.7. The third-order valence-electron chi connectivity index (χ3n) is 4.44. The predicted octanol–water partition coefficient (Wildman–Crippen LogP) is 7.33. The number of aryl methyl sites for hydroxylation is 3. The molecule has 0 saturated carbocycles. The summed E-state index contributed by atoms with van der Waals surface area (Å²) in [6.45, 7) is 7.55. The standard InChI is InChI=1S/C23H23Br2NO/c1-15-4-7-18(8-5-15)14-27-23-19(11-20(24)12-21(23)25)13-26-22-9-6-16(2)10-17(22)3/h4-12,26H,13-14H2,1-3H3. The van der Waals surface area contributed by atoms with Crippen molar-refractivity contribution in [2.45, 2.75) is 33.9 Å². The zero-order valence-electron chi connectivity index (χ0n) is 15.8. The lowest BCUT2D eigenvalue weighted by atomic mass is 10.1. The summed E-state index contributed by atoms with van der Waals surface area (Å²) in [5.41, 5.74) is 7.16. The number of rotatable bonds is 6. The second-order valence-corrected chi connectivity index (χ2v) is 8.59. The van der Waals surface area contributed by atoms with Crippen molar-refractivity contribution in [1.82, 2.24) is 0 Å². The Bertz CT molecular complexity index is 936. The van der Waals surface area contributed by atoms with E-state index in [1.165, 1.54) is 16.7 Å². The van der Waals surface area contributed by atoms with Crippen LogP contribution in [0.2, 0.25) is 0 Å². The molecule has 0 aliphatic carbocycles. The van der Waals surface area contributed by atoms with Crippen LogP contribution in [0, 0.1) is 20.8 Å². The first-order valence-electron chi connectivity index (χ1n) is 8.90. The molecule has 0 saturated heterocycles. The van der Waals surface area contributed by atoms with Crippen LogP contribution >= 0.6 is 31.9 Å². The van der Waals surface area contributed by atoms with E-state index in [0.717, 1.165) is 31.5 Å². The third kappa shape index (κ3) is 5.36. The fourth-order valence-electron chi connectivity index (χ4n) is 2.95. The van der Waals surface area contributed by atoms with E-state index in [-0.39, 0.29) is 0 Å². The van der Waals surface area contributed by atoms with Gasteiger partial charge in [0.05, 0.1) is 4.47 Å². The molecule has 4 heteroatoms. The molecule has 0 atom stereocenters. The van der Waals surface area contributed by atoms with Gasteiger partial charge in [-0.05, 0) is 66.0 Å². The Hall–Kier alpha value is -1.78. The summed E-state index contributed by atoms with van der Waals surface area (Å²) in [6, 6.07) is 19.0. The summed E-state index contributed by atoms with van der Waals surface area (Å²) >= 11 is 7.24. The summed E-state index contributed by atoms with van der Waals surface area (Å²) in [5.74, 6) is 0.871. The van der Waals surface area contributed by atoms with Gasteiger partial charge in [0.15, 0.2) is 0 Å². The van der Waals surface area contributed by atoms with Gasteiger partial charge < -0.3 is 10.1 Å². The fraction of sp³-hybridized carbons (Fsp3) is 0.217. The summed E-state index contributed by atoms with van der Waals surface area (Å²) in [7, 11) is 0. The van der Waals surface area contributed by atoms with Gasteiger partial charge >= 0.3 is 0 Å². The highest BCUT2D eigenvalue weighted by Gasteiger charge is 2.11. The van der Waals surface area contributed by atoms with Crippen molar-refractivity contribution in [2.24, 2.45) is 0 Å². The van der Waals surface area contributed by atoms with Crippen LogP contribution < -0.4 is 10.1 Å². The molecule has 0 fully saturated rings. The Labute approximate surface area is 178 Å². The topological polar surface area (TPSA) is 21.3 Å². The zero-order chi connectivity index (χ0) is 19.4. The number of nitrogens with one attached hydrogen (secondary N) is 1. The number of halogens is 2. The number of hydrogen-bond donors (Lipinski definition) is 1. The molecule has 0 aliphatic heterocycles. The summed E-state index contributed by atoms with van der Waals surface area (Å²) in [6.07, 6.45) is 0. The van der Waals surface area contributed by atoms with Crippen molar-refractivity contribution < 1.29 is 4.74 Å². The second kappa shape index (κ2) is 8.94. The van der Waals surface area contributed by atoms with Gasteiger partial charge in [0.1, 0.15) is 12.4 Å². The highest BCUT2D eigenvalue weighted by Crippen LogP contribution is 2.34. The van der Waals surface area contributed by atoms with E-state index in [9.17, 15) is 0 Å². The number of ether oxygens (including phenoxy) is 1. The molecule has 0 spiro atoms. The summed E-state index contributed by atoms with van der Waals surface area (Å²) in [4.78, 5) is 0. The molecule has 0 heterocycles. The lowest BCUT2D eigenvalue weighted by Crippen LogP contribution is -2.05. The number of anilines is 1. The van der Waals surface area contributed by atoms with Crippen molar-refractivity contribution >= 4 is 37.5 Å². The first-order valence-corrected chi connectivity index (χ1v) is 10.5. The van der Waals surface area contributed by atoms with Crippen LogP contribution in [-0.2, 0) is 13.2 Å². The van der Waals surface area contributed by atoms with Crippen LogP contribution in [0.15, 0.2) is 63.5 Å². The fourth-order valence-corrected chi connectivity index (χ4v) is 4.38. The van der Waals surface area contributed by atoms with Gasteiger partial charge in [-0.1, -0.05) is 63.5 Å². The smallest absolute Gasteiger partial charge is 0.139 e. The minimum Gasteiger partial charge on any atom is -0.487 e. The highest BCUT2D eigenvalue weighted by molar-refractivity contribution is 9.11. The monoisotopic (exact) mass is 487 g/mol. The average Bonchev–Trinajstić information content (AvgIpc) is 2.61. The Morgan fingerprint density at radius 2 is 1.56 bits per heavy atom. The lowest BCUT2D eigenvalue weighted by Gasteiger charge is -2.16. The van der Waals surface area contributed by atoms with Crippen LogP contribution in [0.1, 0.15) is 27.8 Å². The molecule has 27 heavy (non-hydrogen) atoms. The SMILES string of the molecule is Cc1ccc(COc2c(Br)cc(Br)cc2CNc2ccc(C)cc2C)cc1. The Kier molecular flexibility index (Phi) is 6.61. The molecule has 0 unspecified atom stereocenters. The highest BCUT2D eigenvalue weighted by atomic mass is 79.9. The molecule has 3 aromatic rings. The molecule has 1 N–H and O–H groups in total. The van der Waals surface area contributed by atoms with E-state index in [2.05, 4.69) is 106 Å². The molecule has 0 aromatic heterocycles. The van der Waals surface area contributed by atoms with Gasteiger partial charge in [-0.15, -0.1) is 0 Å². The van der Waals surface area contributed by atoms with Crippen molar-refractivity contribution in [3.63, 3.8) is 0 Å². The van der Waals surface area contributed by atoms with Gasteiger partial charge in [0, 0.05) is 22.3 Å². The molecular weight excluding hydrogens is 466 g/mol. The molecular formula is C23H23Br2NO. The Balaban J connectivity index is 1.78. The molecule has 140 valence electrons. The van der Waals surface area contributed by atoms with Gasteiger partial charge in [-0.25, -0.2) is 0 Å². The van der Waals surface area contributed by atoms with E-state index in [4.69, 9.17) is 4.74 Å². The summed E-state index contributed by atoms with van der Waals surface area (Å²) in [5, 5.41) is 3.54. The molecule has 0 bridgehead atoms. The van der Waals surface area contributed by atoms with Crippen molar-refractivity contribution in [3.05, 3.63) is 91.4 Å². The van der Waals surface area contributed by atoms with Crippen LogP contribution in [0.3, 0.4) is 0 Å². The van der Waals surface area contributed by atoms with E-state index < -0.39 is 0 Å². The molecule has 3 aromatic carbocycles. The van der Waals surface area contributed by atoms with Gasteiger partial charge in [-0.2, -0.15) is 0 Å². The van der Waals surface area contributed by atoms with Gasteiger partial charge in [-0.3, -0.25) is 0 Å². The molecule has 0 aliphatic rings. The first-order chi connectivity index (χ1) is 12.9. The summed E-state index contributed by atoms with van der Waals surface area (Å²) < 4.78 is 8.15. The predicted molar refractivity (Wildman–Crippen MR) is 121 cm³/mol. The van der Waals surface area contributed by atoms with E-state index in [0.29, 0.717) is 13.2 Å². The maximum absolute atomic E-state index is 6.18. The molecule has 3 rings (SSSR count). The van der Waals surface area contributed by atoms with Crippen molar-refractivity contribution in [3.8, 4) is 5.75 Å². The largest absolute Gasteiger partial charge is 0.487 e. The minimum atomic E-state index is 0.539. The molecule has 2 nitrogen and oxygen atoms in total.